The van der Waals surface area contributed by atoms with Gasteiger partial charge in [0.2, 0.25) is 23.6 Å². The molecule has 0 spiro atoms. The van der Waals surface area contributed by atoms with Crippen LogP contribution in [0.4, 0.5) is 11.4 Å². The Hall–Kier alpha value is -3.03. The van der Waals surface area contributed by atoms with Crippen molar-refractivity contribution in [3.05, 3.63) is 23.8 Å². The second-order valence-corrected chi connectivity index (χ2v) is 5.17. The standard InChI is InChI=1S/C17H20N2O6/c1-6-25-17(24)15-9-14(18(10(2)20)11(3)21)7-8-16(15)19(12(4)22)13(5)23/h7-9H,6H2,1-5H3. The van der Waals surface area contributed by atoms with Crippen molar-refractivity contribution in [1.82, 2.24) is 0 Å². The van der Waals surface area contributed by atoms with Gasteiger partial charge in [-0.05, 0) is 25.1 Å². The monoisotopic (exact) mass is 348 g/mol. The zero-order valence-electron chi connectivity index (χ0n) is 14.8. The summed E-state index contributed by atoms with van der Waals surface area (Å²) in [5.41, 5.74) is 0.0605. The first-order valence-corrected chi connectivity index (χ1v) is 7.55. The number of carbonyl (C=O) groups is 5. The Morgan fingerprint density at radius 2 is 1.32 bits per heavy atom. The number of carbonyl (C=O) groups excluding carboxylic acids is 5. The molecule has 0 unspecified atom stereocenters. The molecule has 0 saturated heterocycles. The highest BCUT2D eigenvalue weighted by molar-refractivity contribution is 6.18. The van der Waals surface area contributed by atoms with Crippen LogP contribution in [0.15, 0.2) is 18.2 Å². The van der Waals surface area contributed by atoms with Crippen LogP contribution in [0.1, 0.15) is 45.0 Å². The van der Waals surface area contributed by atoms with Crippen LogP contribution < -0.4 is 9.80 Å². The summed E-state index contributed by atoms with van der Waals surface area (Å²) < 4.78 is 4.96. The molecule has 134 valence electrons. The zero-order valence-corrected chi connectivity index (χ0v) is 14.8. The van der Waals surface area contributed by atoms with Gasteiger partial charge >= 0.3 is 5.97 Å². The van der Waals surface area contributed by atoms with Gasteiger partial charge in [-0.3, -0.25) is 29.0 Å². The molecule has 0 aromatic heterocycles. The molecule has 8 nitrogen and oxygen atoms in total. The van der Waals surface area contributed by atoms with Crippen molar-refractivity contribution in [1.29, 1.82) is 0 Å². The quantitative estimate of drug-likeness (QED) is 0.767. The molecule has 1 aromatic rings. The fourth-order valence-electron chi connectivity index (χ4n) is 2.38. The van der Waals surface area contributed by atoms with E-state index >= 15 is 0 Å². The Kier molecular flexibility index (Phi) is 6.55. The second kappa shape index (κ2) is 8.18. The van der Waals surface area contributed by atoms with Gasteiger partial charge in [-0.15, -0.1) is 0 Å². The van der Waals surface area contributed by atoms with Crippen LogP contribution in [-0.4, -0.2) is 36.2 Å². The van der Waals surface area contributed by atoms with Gasteiger partial charge in [0.25, 0.3) is 0 Å². The fourth-order valence-corrected chi connectivity index (χ4v) is 2.38. The normalized spacial score (nSPS) is 9.96. The molecule has 4 amide bonds. The average Bonchev–Trinajstić information content (AvgIpc) is 2.47. The van der Waals surface area contributed by atoms with Crippen LogP contribution in [0, 0.1) is 0 Å². The Balaban J connectivity index is 3.62. The smallest absolute Gasteiger partial charge is 0.340 e. The lowest BCUT2D eigenvalue weighted by molar-refractivity contribution is -0.125. The third kappa shape index (κ3) is 4.50. The van der Waals surface area contributed by atoms with Gasteiger partial charge in [-0.1, -0.05) is 0 Å². The first kappa shape index (κ1) is 20.0. The number of benzene rings is 1. The molecule has 25 heavy (non-hydrogen) atoms. The lowest BCUT2D eigenvalue weighted by atomic mass is 10.1. The number of amides is 4. The summed E-state index contributed by atoms with van der Waals surface area (Å²) in [6.45, 7) is 6.45. The summed E-state index contributed by atoms with van der Waals surface area (Å²) in [4.78, 5) is 60.9. The van der Waals surface area contributed by atoms with Crippen molar-refractivity contribution >= 4 is 41.0 Å². The van der Waals surface area contributed by atoms with Crippen LogP contribution in [0.5, 0.6) is 0 Å². The number of rotatable bonds is 4. The highest BCUT2D eigenvalue weighted by Crippen LogP contribution is 2.28. The van der Waals surface area contributed by atoms with E-state index in [0.29, 0.717) is 0 Å². The van der Waals surface area contributed by atoms with Crippen LogP contribution in [-0.2, 0) is 23.9 Å². The van der Waals surface area contributed by atoms with Gasteiger partial charge in [0.05, 0.1) is 23.5 Å². The van der Waals surface area contributed by atoms with Crippen molar-refractivity contribution < 1.29 is 28.7 Å². The molecule has 0 aliphatic carbocycles. The predicted molar refractivity (Wildman–Crippen MR) is 90.1 cm³/mol. The second-order valence-electron chi connectivity index (χ2n) is 5.17. The Bertz CT molecular complexity index is 713. The molecule has 0 aliphatic rings. The zero-order chi connectivity index (χ0) is 19.3. The van der Waals surface area contributed by atoms with Gasteiger partial charge < -0.3 is 4.74 Å². The number of imide groups is 2. The van der Waals surface area contributed by atoms with Gasteiger partial charge in [-0.25, -0.2) is 4.79 Å². The number of ether oxygens (including phenoxy) is 1. The minimum atomic E-state index is -0.779. The number of esters is 1. The molecule has 1 rings (SSSR count). The lowest BCUT2D eigenvalue weighted by Crippen LogP contribution is -2.35. The molecule has 0 fully saturated rings. The van der Waals surface area contributed by atoms with Gasteiger partial charge in [0, 0.05) is 27.7 Å². The first-order valence-electron chi connectivity index (χ1n) is 7.55. The highest BCUT2D eigenvalue weighted by Gasteiger charge is 2.26. The van der Waals surface area contributed by atoms with E-state index in [1.807, 2.05) is 0 Å². The first-order chi connectivity index (χ1) is 11.6. The number of hydrogen-bond donors (Lipinski definition) is 0. The number of nitrogens with zero attached hydrogens (tertiary/aromatic N) is 2. The molecule has 8 heteroatoms. The fraction of sp³-hybridized carbons (Fsp3) is 0.353. The van der Waals surface area contributed by atoms with E-state index < -0.39 is 29.6 Å². The molecule has 0 saturated carbocycles. The Morgan fingerprint density at radius 1 is 0.840 bits per heavy atom. The highest BCUT2D eigenvalue weighted by atomic mass is 16.5. The lowest BCUT2D eigenvalue weighted by Gasteiger charge is -2.23. The SMILES string of the molecule is CCOC(=O)c1cc(N(C(C)=O)C(C)=O)ccc1N(C(C)=O)C(C)=O. The van der Waals surface area contributed by atoms with Crippen LogP contribution in [0.3, 0.4) is 0 Å². The van der Waals surface area contributed by atoms with E-state index in [4.69, 9.17) is 4.74 Å². The summed E-state index contributed by atoms with van der Waals surface area (Å²) in [5.74, 6) is -3.02. The molecular formula is C17H20N2O6. The summed E-state index contributed by atoms with van der Waals surface area (Å²) in [7, 11) is 0. The van der Waals surface area contributed by atoms with Gasteiger partial charge in [0.1, 0.15) is 0 Å². The molecule has 0 atom stereocenters. The molecule has 1 aromatic carbocycles. The van der Waals surface area contributed by atoms with E-state index in [2.05, 4.69) is 0 Å². The average molecular weight is 348 g/mol. The van der Waals surface area contributed by atoms with E-state index in [0.717, 1.165) is 9.80 Å². The van der Waals surface area contributed by atoms with Gasteiger partial charge in [-0.2, -0.15) is 0 Å². The van der Waals surface area contributed by atoms with Crippen molar-refractivity contribution in [2.75, 3.05) is 16.4 Å². The maximum absolute atomic E-state index is 12.3. The van der Waals surface area contributed by atoms with Crippen LogP contribution in [0.25, 0.3) is 0 Å². The van der Waals surface area contributed by atoms with Gasteiger partial charge in [0.15, 0.2) is 0 Å². The minimum absolute atomic E-state index is 0.0225. The summed E-state index contributed by atoms with van der Waals surface area (Å²) in [6.07, 6.45) is 0. The molecular weight excluding hydrogens is 328 g/mol. The van der Waals surface area contributed by atoms with Crippen molar-refractivity contribution in [2.45, 2.75) is 34.6 Å². The maximum Gasteiger partial charge on any atom is 0.340 e. The Labute approximate surface area is 145 Å². The van der Waals surface area contributed by atoms with Crippen molar-refractivity contribution in [3.63, 3.8) is 0 Å². The van der Waals surface area contributed by atoms with Crippen molar-refractivity contribution in [3.8, 4) is 0 Å². The van der Waals surface area contributed by atoms with E-state index in [1.54, 1.807) is 6.92 Å². The molecule has 0 heterocycles. The molecule has 0 radical (unpaired) electrons. The predicted octanol–water partition coefficient (Wildman–Crippen LogP) is 1.66. The summed E-state index contributed by atoms with van der Waals surface area (Å²) in [6, 6.07) is 3.94. The van der Waals surface area contributed by atoms with Crippen molar-refractivity contribution in [2.24, 2.45) is 0 Å². The topological polar surface area (TPSA) is 101 Å². The number of hydrogen-bond acceptors (Lipinski definition) is 6. The number of anilines is 2. The van der Waals surface area contributed by atoms with E-state index in [1.165, 1.54) is 45.9 Å². The third-order valence-corrected chi connectivity index (χ3v) is 3.23. The molecule has 0 aliphatic heterocycles. The van der Waals surface area contributed by atoms with Crippen LogP contribution >= 0.6 is 0 Å². The van der Waals surface area contributed by atoms with Crippen LogP contribution in [0.2, 0.25) is 0 Å². The Morgan fingerprint density at radius 3 is 1.72 bits per heavy atom. The largest absolute Gasteiger partial charge is 0.462 e. The maximum atomic E-state index is 12.3. The summed E-state index contributed by atoms with van der Waals surface area (Å²) >= 11 is 0. The molecule has 0 bridgehead atoms. The van der Waals surface area contributed by atoms with E-state index in [-0.39, 0.29) is 23.5 Å². The summed E-state index contributed by atoms with van der Waals surface area (Å²) in [5, 5.41) is 0. The third-order valence-electron chi connectivity index (χ3n) is 3.23. The molecule has 0 N–H and O–H groups in total. The van der Waals surface area contributed by atoms with E-state index in [9.17, 15) is 24.0 Å². The minimum Gasteiger partial charge on any atom is -0.462 e.